The van der Waals surface area contributed by atoms with Crippen molar-refractivity contribution in [2.45, 2.75) is 45.2 Å². The number of hydrogen-bond donors (Lipinski definition) is 0. The van der Waals surface area contributed by atoms with Crippen LogP contribution in [0, 0.1) is 0 Å². The normalized spacial score (nSPS) is 21.1. The van der Waals surface area contributed by atoms with Crippen LogP contribution in [0.2, 0.25) is 0 Å². The number of piperidine rings is 1. The Morgan fingerprint density at radius 3 is 3.11 bits per heavy atom. The second-order valence-corrected chi connectivity index (χ2v) is 5.92. The Morgan fingerprint density at radius 1 is 1.42 bits per heavy atom. The number of nitrogens with zero attached hydrogens (tertiary/aromatic N) is 4. The average Bonchev–Trinajstić information content (AvgIpc) is 2.77. The lowest BCUT2D eigenvalue weighted by atomic mass is 10.00. The topological polar surface area (TPSA) is 33.4 Å². The predicted octanol–water partition coefficient (Wildman–Crippen LogP) is 3.26. The van der Waals surface area contributed by atoms with E-state index in [0.29, 0.717) is 6.04 Å². The molecule has 0 amide bonds. The van der Waals surface area contributed by atoms with E-state index in [2.05, 4.69) is 37.7 Å². The molecule has 0 bridgehead atoms. The molecule has 3 rings (SSSR count). The highest BCUT2D eigenvalue weighted by Gasteiger charge is 2.23. The van der Waals surface area contributed by atoms with Gasteiger partial charge in [-0.2, -0.15) is 0 Å². The van der Waals surface area contributed by atoms with Gasteiger partial charge in [0.25, 0.3) is 0 Å². The maximum absolute atomic E-state index is 4.64. The summed E-state index contributed by atoms with van der Waals surface area (Å²) in [6.45, 7) is 4.39. The van der Waals surface area contributed by atoms with Crippen LogP contribution in [-0.4, -0.2) is 31.9 Å². The molecule has 2 aromatic rings. The standard InChI is InChI=1S/C14H19BrN4/c1-2-11-6-3-4-8-18(11)10-12-13(15)19-9-5-7-16-14(19)17-12/h5,7,9,11H,2-4,6,8,10H2,1H3. The number of aromatic nitrogens is 3. The van der Waals surface area contributed by atoms with Gasteiger partial charge >= 0.3 is 0 Å². The van der Waals surface area contributed by atoms with Crippen molar-refractivity contribution in [1.29, 1.82) is 0 Å². The minimum absolute atomic E-state index is 0.707. The fourth-order valence-corrected chi connectivity index (χ4v) is 3.42. The molecule has 1 fully saturated rings. The summed E-state index contributed by atoms with van der Waals surface area (Å²) in [6.07, 6.45) is 9.00. The van der Waals surface area contributed by atoms with Crippen molar-refractivity contribution in [3.8, 4) is 0 Å². The van der Waals surface area contributed by atoms with Crippen molar-refractivity contribution >= 4 is 21.7 Å². The van der Waals surface area contributed by atoms with Crippen molar-refractivity contribution in [3.05, 3.63) is 28.8 Å². The average molecular weight is 323 g/mol. The fourth-order valence-electron chi connectivity index (χ4n) is 2.93. The van der Waals surface area contributed by atoms with E-state index >= 15 is 0 Å². The SMILES string of the molecule is CCC1CCCCN1Cc1nc2ncccn2c1Br. The summed E-state index contributed by atoms with van der Waals surface area (Å²) in [5, 5.41) is 0. The lowest BCUT2D eigenvalue weighted by Crippen LogP contribution is -2.38. The van der Waals surface area contributed by atoms with E-state index in [-0.39, 0.29) is 0 Å². The molecular formula is C14H19BrN4. The number of hydrogen-bond acceptors (Lipinski definition) is 3. The lowest BCUT2D eigenvalue weighted by molar-refractivity contribution is 0.134. The number of rotatable bonds is 3. The Bertz CT molecular complexity index is 566. The second-order valence-electron chi connectivity index (χ2n) is 5.17. The molecule has 4 nitrogen and oxygen atoms in total. The van der Waals surface area contributed by atoms with Gasteiger partial charge in [-0.1, -0.05) is 13.3 Å². The first-order chi connectivity index (χ1) is 9.29. The molecule has 1 saturated heterocycles. The largest absolute Gasteiger partial charge is 0.294 e. The number of halogens is 1. The van der Waals surface area contributed by atoms with Crippen LogP contribution in [0.5, 0.6) is 0 Å². The van der Waals surface area contributed by atoms with Gasteiger partial charge in [0, 0.05) is 25.0 Å². The van der Waals surface area contributed by atoms with Gasteiger partial charge in [-0.05, 0) is 47.8 Å². The highest BCUT2D eigenvalue weighted by atomic mass is 79.9. The Kier molecular flexibility index (Phi) is 3.84. The first kappa shape index (κ1) is 13.1. The molecule has 2 aromatic heterocycles. The van der Waals surface area contributed by atoms with Gasteiger partial charge in [0.2, 0.25) is 5.78 Å². The monoisotopic (exact) mass is 322 g/mol. The molecule has 0 saturated carbocycles. The van der Waals surface area contributed by atoms with E-state index in [1.807, 2.05) is 16.7 Å². The fraction of sp³-hybridized carbons (Fsp3) is 0.571. The molecule has 102 valence electrons. The third-order valence-electron chi connectivity index (χ3n) is 3.98. The first-order valence-electron chi connectivity index (χ1n) is 7.01. The number of likely N-dealkylation sites (tertiary alicyclic amines) is 1. The van der Waals surface area contributed by atoms with Crippen LogP contribution in [0.3, 0.4) is 0 Å². The minimum atomic E-state index is 0.707. The smallest absolute Gasteiger partial charge is 0.234 e. The van der Waals surface area contributed by atoms with Crippen LogP contribution in [0.25, 0.3) is 5.78 Å². The Morgan fingerprint density at radius 2 is 2.32 bits per heavy atom. The molecule has 19 heavy (non-hydrogen) atoms. The minimum Gasteiger partial charge on any atom is -0.294 e. The van der Waals surface area contributed by atoms with Gasteiger partial charge in [-0.25, -0.2) is 9.97 Å². The van der Waals surface area contributed by atoms with Gasteiger partial charge in [-0.3, -0.25) is 9.30 Å². The highest BCUT2D eigenvalue weighted by Crippen LogP contribution is 2.25. The van der Waals surface area contributed by atoms with Crippen molar-refractivity contribution < 1.29 is 0 Å². The Balaban J connectivity index is 1.86. The first-order valence-corrected chi connectivity index (χ1v) is 7.80. The molecule has 0 aliphatic carbocycles. The lowest BCUT2D eigenvalue weighted by Gasteiger charge is -2.34. The van der Waals surface area contributed by atoms with Gasteiger partial charge < -0.3 is 0 Å². The summed E-state index contributed by atoms with van der Waals surface area (Å²) < 4.78 is 3.04. The third-order valence-corrected chi connectivity index (χ3v) is 4.82. The van der Waals surface area contributed by atoms with Crippen LogP contribution in [0.15, 0.2) is 23.1 Å². The zero-order valence-electron chi connectivity index (χ0n) is 11.2. The van der Waals surface area contributed by atoms with Crippen LogP contribution in [0.1, 0.15) is 38.3 Å². The highest BCUT2D eigenvalue weighted by molar-refractivity contribution is 9.10. The van der Waals surface area contributed by atoms with Crippen molar-refractivity contribution in [2.75, 3.05) is 6.54 Å². The summed E-state index contributed by atoms with van der Waals surface area (Å²) in [5.74, 6) is 0.773. The molecule has 1 aliphatic heterocycles. The molecule has 0 aromatic carbocycles. The zero-order valence-corrected chi connectivity index (χ0v) is 12.8. The maximum atomic E-state index is 4.64. The Labute approximate surface area is 122 Å². The van der Waals surface area contributed by atoms with Gasteiger partial charge in [-0.15, -0.1) is 0 Å². The van der Waals surface area contributed by atoms with Crippen LogP contribution in [0.4, 0.5) is 0 Å². The molecule has 1 aliphatic rings. The van der Waals surface area contributed by atoms with E-state index in [1.54, 1.807) is 6.20 Å². The summed E-state index contributed by atoms with van der Waals surface area (Å²) >= 11 is 3.65. The maximum Gasteiger partial charge on any atom is 0.234 e. The van der Waals surface area contributed by atoms with E-state index in [9.17, 15) is 0 Å². The number of fused-ring (bicyclic) bond motifs is 1. The molecule has 0 radical (unpaired) electrons. The van der Waals surface area contributed by atoms with Crippen molar-refractivity contribution in [1.82, 2.24) is 19.3 Å². The van der Waals surface area contributed by atoms with E-state index < -0.39 is 0 Å². The quantitative estimate of drug-likeness (QED) is 0.869. The van der Waals surface area contributed by atoms with Crippen LogP contribution >= 0.6 is 15.9 Å². The van der Waals surface area contributed by atoms with Crippen LogP contribution in [-0.2, 0) is 6.54 Å². The summed E-state index contributed by atoms with van der Waals surface area (Å²) in [6, 6.07) is 2.64. The van der Waals surface area contributed by atoms with Gasteiger partial charge in [0.05, 0.1) is 5.69 Å². The summed E-state index contributed by atoms with van der Waals surface area (Å²) in [4.78, 5) is 11.5. The van der Waals surface area contributed by atoms with Crippen LogP contribution < -0.4 is 0 Å². The van der Waals surface area contributed by atoms with E-state index in [0.717, 1.165) is 22.6 Å². The van der Waals surface area contributed by atoms with Gasteiger partial charge in [0.15, 0.2) is 0 Å². The van der Waals surface area contributed by atoms with Gasteiger partial charge in [0.1, 0.15) is 4.60 Å². The molecule has 1 unspecified atom stereocenters. The van der Waals surface area contributed by atoms with Crippen molar-refractivity contribution in [2.24, 2.45) is 0 Å². The molecule has 3 heterocycles. The Hall–Kier alpha value is -0.940. The molecule has 5 heteroatoms. The molecule has 0 spiro atoms. The van der Waals surface area contributed by atoms with E-state index in [4.69, 9.17) is 0 Å². The predicted molar refractivity (Wildman–Crippen MR) is 79.0 cm³/mol. The molecule has 1 atom stereocenters. The molecule has 0 N–H and O–H groups in total. The summed E-state index contributed by atoms with van der Waals surface area (Å²) in [7, 11) is 0. The summed E-state index contributed by atoms with van der Waals surface area (Å²) in [5.41, 5.74) is 1.10. The number of imidazole rings is 1. The molecular weight excluding hydrogens is 304 g/mol. The van der Waals surface area contributed by atoms with E-state index in [1.165, 1.54) is 32.2 Å². The zero-order chi connectivity index (χ0) is 13.2. The van der Waals surface area contributed by atoms with Crippen molar-refractivity contribution in [3.63, 3.8) is 0 Å². The second kappa shape index (κ2) is 5.59. The third kappa shape index (κ3) is 2.54.